The molecule has 3 aromatic carbocycles. The quantitative estimate of drug-likeness (QED) is 0.0338. The molecule has 12 rings (SSSR count). The normalized spacial score (nSPS) is 13.9. The van der Waals surface area contributed by atoms with Gasteiger partial charge in [-0.2, -0.15) is 10.5 Å². The number of ether oxygens (including phenoxy) is 2. The molecule has 0 bridgehead atoms. The van der Waals surface area contributed by atoms with Gasteiger partial charge in [-0.1, -0.05) is 133 Å². The topological polar surface area (TPSA) is 245 Å². The van der Waals surface area contributed by atoms with Crippen molar-refractivity contribution in [2.75, 3.05) is 13.2 Å². The van der Waals surface area contributed by atoms with Gasteiger partial charge < -0.3 is 20.1 Å². The van der Waals surface area contributed by atoms with Crippen molar-refractivity contribution < 1.29 is 53.3 Å². The molecule has 0 amide bonds. The summed E-state index contributed by atoms with van der Waals surface area (Å²) in [6, 6.07) is 36.3. The van der Waals surface area contributed by atoms with Gasteiger partial charge in [-0.3, -0.25) is 29.3 Å². The number of aromatic nitrogens is 6. The number of nitrogens with zero attached hydrogens (tertiary/aromatic N) is 8. The number of rotatable bonds is 29. The summed E-state index contributed by atoms with van der Waals surface area (Å²) in [7, 11) is 0. The summed E-state index contributed by atoms with van der Waals surface area (Å²) < 4.78 is 11.6. The molecule has 3 aliphatic rings. The van der Waals surface area contributed by atoms with Crippen LogP contribution in [0, 0.1) is 22.7 Å². The van der Waals surface area contributed by atoms with E-state index in [1.165, 1.54) is 95.7 Å². The third-order valence-electron chi connectivity index (χ3n) is 21.5. The van der Waals surface area contributed by atoms with Crippen molar-refractivity contribution in [2.24, 2.45) is 0 Å². The van der Waals surface area contributed by atoms with Crippen LogP contribution in [0.15, 0.2) is 112 Å². The van der Waals surface area contributed by atoms with Crippen molar-refractivity contribution in [1.29, 1.82) is 10.5 Å². The minimum absolute atomic E-state index is 0. The number of pyridine rings is 3. The molecule has 20 heteroatoms. The van der Waals surface area contributed by atoms with Crippen molar-refractivity contribution in [1.82, 2.24) is 29.9 Å². The minimum atomic E-state index is -0.863. The van der Waals surface area contributed by atoms with Crippen LogP contribution in [0.2, 0.25) is 0 Å². The molecule has 0 radical (unpaired) electrons. The number of esters is 2. The van der Waals surface area contributed by atoms with E-state index in [0.717, 1.165) is 160 Å². The van der Waals surface area contributed by atoms with Gasteiger partial charge in [-0.05, 0) is 271 Å². The van der Waals surface area contributed by atoms with Crippen LogP contribution in [0.25, 0.3) is 0 Å². The Bertz CT molecular complexity index is 4720. The number of carboxylic acids is 1. The second kappa shape index (κ2) is 43.4. The van der Waals surface area contributed by atoms with Crippen LogP contribution < -0.4 is 18.9 Å². The Morgan fingerprint density at radius 1 is 0.442 bits per heavy atom. The number of fused-ring (bicyclic) bond motifs is 3. The fraction of sp³-hybridized carbons (Fsp3) is 0.495. The van der Waals surface area contributed by atoms with Crippen molar-refractivity contribution in [2.45, 2.75) is 284 Å². The Labute approximate surface area is 704 Å². The standard InChI is InChI=1S/C32H39N3O2S.C31H39BrN2O2S.C30H35N3O2S.Li.H2O/c1-5-37-31(36)18-24(28-19-25(32(2,3)4)15-13-23(28)20-33)17-27-21-38-30(35-27)12-8-10-26-16-14-22-9-6-7-11-29(22)34-26;1-5-36-30(35)18-22(26-19-23(31(2,3)4)14-16-27(26)32)17-25-20-37-29(34-25)12-8-10-24-15-13-21-9-6-7-11-28(21)33-24;1-30(2,3)23-13-11-21(18-31)26(17-23)22(16-29(34)35)15-25-19-36-28(33-25)10-6-8-24-14-12-20-7-4-5-9-27(20)32-24;;/h13-16,19,21,24H,5-12,17-18H2,1-4H3;13-16,19-20,22H,5-12,17-18H2,1-4H3;11-14,17,19,22H,4-10,15-16H2,1-3H3,(H,34,35);;1H2/q;;;+1;/p-1. The number of thiazole rings is 3. The molecule has 0 spiro atoms. The molecule has 0 saturated heterocycles. The van der Waals surface area contributed by atoms with Gasteiger partial charge in [0.2, 0.25) is 0 Å². The maximum absolute atomic E-state index is 12.5. The summed E-state index contributed by atoms with van der Waals surface area (Å²) in [5, 5.41) is 38.8. The van der Waals surface area contributed by atoms with Gasteiger partial charge >= 0.3 is 36.8 Å². The fourth-order valence-corrected chi connectivity index (χ4v) is 18.3. The fourth-order valence-electron chi connectivity index (χ4n) is 15.2. The van der Waals surface area contributed by atoms with E-state index in [1.807, 2.05) is 49.6 Å². The summed E-state index contributed by atoms with van der Waals surface area (Å²) in [5.41, 5.74) is 22.1. The Balaban J connectivity index is 0.000000211. The third kappa shape index (κ3) is 27.3. The first-order valence-corrected chi connectivity index (χ1v) is 43.8. The molecule has 0 fully saturated rings. The minimum Gasteiger partial charge on any atom is -0.870 e. The van der Waals surface area contributed by atoms with E-state index < -0.39 is 5.97 Å². The van der Waals surface area contributed by atoms with Gasteiger partial charge in [0, 0.05) is 72.5 Å². The van der Waals surface area contributed by atoms with Gasteiger partial charge in [0.05, 0.1) is 87.8 Å². The van der Waals surface area contributed by atoms with Gasteiger partial charge in [-0.15, -0.1) is 34.0 Å². The average molecular weight is 1640 g/mol. The Morgan fingerprint density at radius 2 is 0.761 bits per heavy atom. The van der Waals surface area contributed by atoms with Crippen molar-refractivity contribution in [3.8, 4) is 12.1 Å². The molecule has 15 nitrogen and oxygen atoms in total. The first-order valence-electron chi connectivity index (χ1n) is 40.4. The smallest absolute Gasteiger partial charge is 0.870 e. The summed E-state index contributed by atoms with van der Waals surface area (Å²) in [5.74, 6) is -1.72. The Hall–Kier alpha value is -7.57. The monoisotopic (exact) mass is 1640 g/mol. The van der Waals surface area contributed by atoms with Crippen molar-refractivity contribution in [3.63, 3.8) is 0 Å². The number of halogens is 1. The Kier molecular flexibility index (Phi) is 34.9. The zero-order valence-electron chi connectivity index (χ0n) is 68.7. The summed E-state index contributed by atoms with van der Waals surface area (Å²) in [4.78, 5) is 66.2. The SMILES string of the molecule is CC(C)(C)c1ccc(C#N)c(C(CC(=O)O)Cc2csc(CCCc3ccc4c(n3)CCCC4)n2)c1.CCOC(=O)CC(Cc1csc(CCCc2ccc3c(n2)CCCC3)n1)c1cc(C(C)(C)C)ccc1Br.CCOC(=O)CC(Cc1csc(CCCc2ccc3c(n2)CCCC3)n1)c1cc(C(C)(C)C)ccc1C#N.[Li+].[OH-]. The molecule has 2 N–H and O–H groups in total. The van der Waals surface area contributed by atoms with Crippen LogP contribution in [0.5, 0.6) is 0 Å². The van der Waals surface area contributed by atoms with Crippen molar-refractivity contribution in [3.05, 3.63) is 239 Å². The van der Waals surface area contributed by atoms with Crippen LogP contribution in [-0.2, 0) is 136 Å². The number of hydrogen-bond acceptors (Lipinski definition) is 17. The molecular weight excluding hydrogens is 1520 g/mol. The maximum Gasteiger partial charge on any atom is 1.00 e. The summed E-state index contributed by atoms with van der Waals surface area (Å²) >= 11 is 8.79. The second-order valence-electron chi connectivity index (χ2n) is 33.2. The predicted molar refractivity (Wildman–Crippen MR) is 454 cm³/mol. The van der Waals surface area contributed by atoms with Gasteiger partial charge in [0.25, 0.3) is 0 Å². The molecule has 3 aliphatic carbocycles. The van der Waals surface area contributed by atoms with Gasteiger partial charge in [0.1, 0.15) is 0 Å². The zero-order valence-corrected chi connectivity index (χ0v) is 72.8. The molecule has 3 atom stereocenters. The first kappa shape index (κ1) is 91.0. The third-order valence-corrected chi connectivity index (χ3v) is 25.1. The van der Waals surface area contributed by atoms with E-state index in [1.54, 1.807) is 34.0 Å². The summed E-state index contributed by atoms with van der Waals surface area (Å²) in [6.07, 6.45) is 25.5. The maximum atomic E-state index is 12.5. The molecule has 594 valence electrons. The number of carbonyl (C=O) groups excluding carboxylic acids is 2. The molecule has 3 unspecified atom stereocenters. The van der Waals surface area contributed by atoms with E-state index >= 15 is 0 Å². The second-order valence-corrected chi connectivity index (χ2v) is 36.9. The molecule has 0 saturated carbocycles. The molecule has 6 heterocycles. The van der Waals surface area contributed by atoms with Crippen LogP contribution in [0.4, 0.5) is 0 Å². The number of carbonyl (C=O) groups is 3. The Morgan fingerprint density at radius 3 is 1.09 bits per heavy atom. The van der Waals surface area contributed by atoms with E-state index in [4.69, 9.17) is 39.4 Å². The van der Waals surface area contributed by atoms with E-state index in [0.29, 0.717) is 50.0 Å². The summed E-state index contributed by atoms with van der Waals surface area (Å²) in [6.45, 7) is 23.9. The average Bonchev–Trinajstić information content (AvgIpc) is 1.67. The van der Waals surface area contributed by atoms with E-state index in [-0.39, 0.29) is 83.1 Å². The van der Waals surface area contributed by atoms with Crippen LogP contribution in [0.1, 0.15) is 298 Å². The van der Waals surface area contributed by atoms with Gasteiger partial charge in [-0.25, -0.2) is 15.0 Å². The number of aryl methyl sites for hydroxylation is 12. The number of carboxylic acid groups (broad SMARTS) is 1. The van der Waals surface area contributed by atoms with Crippen molar-refractivity contribution >= 4 is 67.8 Å². The molecule has 6 aromatic heterocycles. The number of nitriles is 2. The van der Waals surface area contributed by atoms with Crippen LogP contribution >= 0.6 is 49.9 Å². The number of aliphatic carboxylic acids is 1. The van der Waals surface area contributed by atoms with Crippen LogP contribution in [0.3, 0.4) is 0 Å². The zero-order chi connectivity index (χ0) is 79.2. The van der Waals surface area contributed by atoms with Gasteiger partial charge in [0.15, 0.2) is 0 Å². The largest absolute Gasteiger partial charge is 1.00 e. The molecular formula is C93H114BrLiN8O7S3. The predicted octanol–water partition coefficient (Wildman–Crippen LogP) is 18.4. The first-order chi connectivity index (χ1) is 53.2. The molecule has 113 heavy (non-hydrogen) atoms. The number of benzene rings is 3. The molecule has 0 aliphatic heterocycles. The number of hydrogen-bond donors (Lipinski definition) is 1. The van der Waals surface area contributed by atoms with Crippen LogP contribution in [-0.4, -0.2) is 71.6 Å². The molecule has 9 aromatic rings. The van der Waals surface area contributed by atoms with E-state index in [2.05, 4.69) is 162 Å². The van der Waals surface area contributed by atoms with E-state index in [9.17, 15) is 30.0 Å².